The topological polar surface area (TPSA) is 43.3 Å². The molecule has 2 rings (SSSR count). The molecule has 2 aromatic heterocycles. The molecule has 0 saturated carbocycles. The highest BCUT2D eigenvalue weighted by molar-refractivity contribution is 5.47. The second kappa shape index (κ2) is 2.60. The highest BCUT2D eigenvalue weighted by Crippen LogP contribution is 2.09. The van der Waals surface area contributed by atoms with Crippen molar-refractivity contribution >= 4 is 5.52 Å². The van der Waals surface area contributed by atoms with Crippen molar-refractivity contribution in [2.45, 2.75) is 13.5 Å². The van der Waals surface area contributed by atoms with Crippen LogP contribution in [-0.2, 0) is 6.54 Å². The van der Waals surface area contributed by atoms with Crippen LogP contribution in [-0.4, -0.2) is 9.38 Å². The van der Waals surface area contributed by atoms with Gasteiger partial charge < -0.3 is 5.73 Å². The van der Waals surface area contributed by atoms with E-state index < -0.39 is 0 Å². The molecule has 0 aliphatic carbocycles. The summed E-state index contributed by atoms with van der Waals surface area (Å²) in [6.07, 6.45) is 1.86. The Morgan fingerprint density at radius 1 is 1.50 bits per heavy atom. The molecular formula is C9H11N3. The highest BCUT2D eigenvalue weighted by Gasteiger charge is 2.00. The van der Waals surface area contributed by atoms with Crippen LogP contribution >= 0.6 is 0 Å². The van der Waals surface area contributed by atoms with Crippen molar-refractivity contribution in [3.63, 3.8) is 0 Å². The fraction of sp³-hybridized carbons (Fsp3) is 0.222. The zero-order valence-electron chi connectivity index (χ0n) is 6.99. The number of aryl methyl sites for hydroxylation is 1. The minimum Gasteiger partial charge on any atom is -0.325 e. The van der Waals surface area contributed by atoms with Crippen molar-refractivity contribution < 1.29 is 0 Å². The Kier molecular flexibility index (Phi) is 1.59. The number of pyridine rings is 1. The maximum absolute atomic E-state index is 5.60. The summed E-state index contributed by atoms with van der Waals surface area (Å²) in [7, 11) is 0. The van der Waals surface area contributed by atoms with Gasteiger partial charge in [-0.15, -0.1) is 0 Å². The number of imidazole rings is 1. The number of rotatable bonds is 1. The Morgan fingerprint density at radius 2 is 2.33 bits per heavy atom. The third-order valence-electron chi connectivity index (χ3n) is 2.02. The van der Waals surface area contributed by atoms with E-state index in [1.54, 1.807) is 0 Å². The molecule has 0 atom stereocenters. The van der Waals surface area contributed by atoms with Crippen LogP contribution in [0, 0.1) is 6.92 Å². The van der Waals surface area contributed by atoms with Gasteiger partial charge in [-0.25, -0.2) is 4.98 Å². The first-order valence-corrected chi connectivity index (χ1v) is 3.95. The lowest BCUT2D eigenvalue weighted by Crippen LogP contribution is -2.04. The van der Waals surface area contributed by atoms with Gasteiger partial charge in [-0.05, 0) is 19.1 Å². The molecule has 2 N–H and O–H groups in total. The second-order valence-electron chi connectivity index (χ2n) is 2.79. The van der Waals surface area contributed by atoms with E-state index in [9.17, 15) is 0 Å². The zero-order chi connectivity index (χ0) is 8.55. The standard InChI is InChI=1S/C9H11N3/c1-7-11-6-9-4-2-3-8(5-10)12(7)9/h2-4,6H,5,10H2,1H3. The van der Waals surface area contributed by atoms with Gasteiger partial charge in [0.25, 0.3) is 0 Å². The van der Waals surface area contributed by atoms with E-state index in [0.29, 0.717) is 6.54 Å². The molecule has 0 spiro atoms. The largest absolute Gasteiger partial charge is 0.325 e. The number of aromatic nitrogens is 2. The molecule has 0 amide bonds. The summed E-state index contributed by atoms with van der Waals surface area (Å²) in [5, 5.41) is 0. The predicted molar refractivity (Wildman–Crippen MR) is 47.8 cm³/mol. The maximum atomic E-state index is 5.60. The molecule has 3 heteroatoms. The Hall–Kier alpha value is -1.35. The van der Waals surface area contributed by atoms with Gasteiger partial charge >= 0.3 is 0 Å². The minimum atomic E-state index is 0.550. The first kappa shape index (κ1) is 7.31. The minimum absolute atomic E-state index is 0.550. The van der Waals surface area contributed by atoms with E-state index >= 15 is 0 Å². The van der Waals surface area contributed by atoms with Crippen molar-refractivity contribution in [2.24, 2.45) is 5.73 Å². The van der Waals surface area contributed by atoms with E-state index in [2.05, 4.69) is 9.38 Å². The predicted octanol–water partition coefficient (Wildman–Crippen LogP) is 1.10. The molecule has 3 nitrogen and oxygen atoms in total. The molecule has 0 aromatic carbocycles. The summed E-state index contributed by atoms with van der Waals surface area (Å²) in [5.41, 5.74) is 7.80. The van der Waals surface area contributed by atoms with Crippen molar-refractivity contribution in [1.29, 1.82) is 0 Å². The molecular weight excluding hydrogens is 150 g/mol. The van der Waals surface area contributed by atoms with Gasteiger partial charge in [-0.3, -0.25) is 4.40 Å². The van der Waals surface area contributed by atoms with Crippen molar-refractivity contribution in [1.82, 2.24) is 9.38 Å². The lowest BCUT2D eigenvalue weighted by atomic mass is 10.3. The average molecular weight is 161 g/mol. The smallest absolute Gasteiger partial charge is 0.110 e. The summed E-state index contributed by atoms with van der Waals surface area (Å²) in [6.45, 7) is 2.53. The summed E-state index contributed by atoms with van der Waals surface area (Å²) in [4.78, 5) is 4.21. The normalized spacial score (nSPS) is 10.8. The van der Waals surface area contributed by atoms with Crippen molar-refractivity contribution in [3.8, 4) is 0 Å². The van der Waals surface area contributed by atoms with Gasteiger partial charge in [0.15, 0.2) is 0 Å². The molecule has 2 heterocycles. The van der Waals surface area contributed by atoms with Crippen LogP contribution < -0.4 is 5.73 Å². The second-order valence-corrected chi connectivity index (χ2v) is 2.79. The third kappa shape index (κ3) is 0.905. The molecule has 62 valence electrons. The number of nitrogens with zero attached hydrogens (tertiary/aromatic N) is 2. The molecule has 0 radical (unpaired) electrons. The van der Waals surface area contributed by atoms with Gasteiger partial charge in [-0.2, -0.15) is 0 Å². The number of hydrogen-bond acceptors (Lipinski definition) is 2. The summed E-state index contributed by atoms with van der Waals surface area (Å²) < 4.78 is 2.07. The van der Waals surface area contributed by atoms with Crippen LogP contribution in [0.25, 0.3) is 5.52 Å². The van der Waals surface area contributed by atoms with Crippen molar-refractivity contribution in [3.05, 3.63) is 35.9 Å². The van der Waals surface area contributed by atoms with Gasteiger partial charge in [0, 0.05) is 12.2 Å². The van der Waals surface area contributed by atoms with E-state index in [0.717, 1.165) is 17.0 Å². The van der Waals surface area contributed by atoms with E-state index in [1.165, 1.54) is 0 Å². The van der Waals surface area contributed by atoms with Gasteiger partial charge in [0.05, 0.1) is 11.7 Å². The lowest BCUT2D eigenvalue weighted by Gasteiger charge is -2.03. The molecule has 0 aliphatic heterocycles. The average Bonchev–Trinajstić information content (AvgIpc) is 2.48. The Labute approximate surface area is 70.8 Å². The molecule has 0 saturated heterocycles. The molecule has 0 fully saturated rings. The van der Waals surface area contributed by atoms with Crippen LogP contribution in [0.3, 0.4) is 0 Å². The molecule has 0 bridgehead atoms. The molecule has 12 heavy (non-hydrogen) atoms. The fourth-order valence-electron chi connectivity index (χ4n) is 1.44. The Balaban J connectivity index is 2.84. The first-order chi connectivity index (χ1) is 5.83. The SMILES string of the molecule is Cc1ncc2cccc(CN)n12. The molecule has 2 aromatic rings. The van der Waals surface area contributed by atoms with Crippen LogP contribution in [0.4, 0.5) is 0 Å². The summed E-state index contributed by atoms with van der Waals surface area (Å²) >= 11 is 0. The quantitative estimate of drug-likeness (QED) is 0.680. The van der Waals surface area contributed by atoms with Gasteiger partial charge in [0.2, 0.25) is 0 Å². The van der Waals surface area contributed by atoms with E-state index in [4.69, 9.17) is 5.73 Å². The van der Waals surface area contributed by atoms with Crippen LogP contribution in [0.5, 0.6) is 0 Å². The number of hydrogen-bond donors (Lipinski definition) is 1. The Bertz CT molecular complexity index is 403. The lowest BCUT2D eigenvalue weighted by molar-refractivity contribution is 0.907. The van der Waals surface area contributed by atoms with E-state index in [-0.39, 0.29) is 0 Å². The number of nitrogens with two attached hydrogens (primary N) is 1. The van der Waals surface area contributed by atoms with Crippen LogP contribution in [0.1, 0.15) is 11.5 Å². The molecule has 0 unspecified atom stereocenters. The third-order valence-corrected chi connectivity index (χ3v) is 2.02. The number of fused-ring (bicyclic) bond motifs is 1. The summed E-state index contributed by atoms with van der Waals surface area (Å²) in [5.74, 6) is 0.992. The highest BCUT2D eigenvalue weighted by atomic mass is 15.0. The first-order valence-electron chi connectivity index (χ1n) is 3.95. The van der Waals surface area contributed by atoms with Crippen molar-refractivity contribution in [2.75, 3.05) is 0 Å². The van der Waals surface area contributed by atoms with Gasteiger partial charge in [-0.1, -0.05) is 6.07 Å². The summed E-state index contributed by atoms with van der Waals surface area (Å²) in [6, 6.07) is 6.04. The maximum Gasteiger partial charge on any atom is 0.110 e. The van der Waals surface area contributed by atoms with Crippen LogP contribution in [0.2, 0.25) is 0 Å². The van der Waals surface area contributed by atoms with Crippen LogP contribution in [0.15, 0.2) is 24.4 Å². The fourth-order valence-corrected chi connectivity index (χ4v) is 1.44. The molecule has 0 aliphatic rings. The zero-order valence-corrected chi connectivity index (χ0v) is 6.99. The van der Waals surface area contributed by atoms with E-state index in [1.807, 2.05) is 31.3 Å². The Morgan fingerprint density at radius 3 is 3.08 bits per heavy atom. The van der Waals surface area contributed by atoms with Gasteiger partial charge in [0.1, 0.15) is 5.82 Å². The monoisotopic (exact) mass is 161 g/mol.